The van der Waals surface area contributed by atoms with Crippen LogP contribution in [-0.4, -0.2) is 46.0 Å². The van der Waals surface area contributed by atoms with Gasteiger partial charge in [-0.05, 0) is 62.8 Å². The van der Waals surface area contributed by atoms with Crippen LogP contribution in [-0.2, 0) is 11.0 Å². The number of aryl methyl sites for hydroxylation is 1. The lowest BCUT2D eigenvalue weighted by Gasteiger charge is -2.32. The number of amides is 1. The Bertz CT molecular complexity index is 1290. The second kappa shape index (κ2) is 9.91. The van der Waals surface area contributed by atoms with E-state index >= 15 is 0 Å². The quantitative estimate of drug-likeness (QED) is 0.493. The van der Waals surface area contributed by atoms with E-state index in [0.717, 1.165) is 24.5 Å². The summed E-state index contributed by atoms with van der Waals surface area (Å²) in [6.07, 6.45) is -2.87. The van der Waals surface area contributed by atoms with Gasteiger partial charge in [-0.25, -0.2) is 9.97 Å². The maximum Gasteiger partial charge on any atom is 0.416 e. The first-order valence-electron chi connectivity index (χ1n) is 11.9. The van der Waals surface area contributed by atoms with Crippen molar-refractivity contribution in [1.82, 2.24) is 19.9 Å². The van der Waals surface area contributed by atoms with E-state index < -0.39 is 17.8 Å². The zero-order chi connectivity index (χ0) is 26.2. The van der Waals surface area contributed by atoms with Crippen molar-refractivity contribution in [3.05, 3.63) is 52.3 Å². The molecule has 3 aromatic rings. The van der Waals surface area contributed by atoms with Crippen molar-refractivity contribution in [3.8, 4) is 5.88 Å². The second-order valence-electron chi connectivity index (χ2n) is 9.24. The molecule has 1 fully saturated rings. The van der Waals surface area contributed by atoms with Crippen LogP contribution < -0.4 is 10.1 Å². The second-order valence-corrected chi connectivity index (χ2v) is 9.24. The third kappa shape index (κ3) is 5.08. The van der Waals surface area contributed by atoms with Crippen LogP contribution in [0.15, 0.2) is 24.3 Å². The highest BCUT2D eigenvalue weighted by atomic mass is 19.4. The smallest absolute Gasteiger partial charge is 0.416 e. The number of carbonyl (C=O) groups excluding carboxylic acids is 1. The summed E-state index contributed by atoms with van der Waals surface area (Å²) in [7, 11) is 1.56. The van der Waals surface area contributed by atoms with Gasteiger partial charge in [-0.2, -0.15) is 18.2 Å². The van der Waals surface area contributed by atoms with Gasteiger partial charge in [-0.1, -0.05) is 12.1 Å². The molecular formula is C26H30F3N5O2. The maximum absolute atomic E-state index is 13.5. The number of benzene rings is 1. The standard InChI is InChI=1S/C26H30F3N5O2/c1-14-19(7-6-8-22(14)26(27,28)29)15(2)30-23-21-13-20(18-9-11-34(12-10-18)17(4)35)25(36-5)33-24(21)32-16(3)31-23/h6-8,13,15,18H,9-12H2,1-5H3,(H,30,31,32,33). The topological polar surface area (TPSA) is 80.2 Å². The average Bonchev–Trinajstić information content (AvgIpc) is 2.82. The molecule has 1 amide bonds. The average molecular weight is 502 g/mol. The summed E-state index contributed by atoms with van der Waals surface area (Å²) >= 11 is 0. The number of methoxy groups -OCH3 is 1. The van der Waals surface area contributed by atoms with Crippen LogP contribution in [0, 0.1) is 13.8 Å². The molecule has 2 aromatic heterocycles. The number of alkyl halides is 3. The largest absolute Gasteiger partial charge is 0.481 e. The van der Waals surface area contributed by atoms with Gasteiger partial charge in [0.25, 0.3) is 0 Å². The molecule has 192 valence electrons. The number of nitrogens with zero attached hydrogens (tertiary/aromatic N) is 4. The Morgan fingerprint density at radius 1 is 1.17 bits per heavy atom. The van der Waals surface area contributed by atoms with Crippen LogP contribution in [0.5, 0.6) is 5.88 Å². The molecule has 1 aliphatic heterocycles. The Morgan fingerprint density at radius 2 is 1.86 bits per heavy atom. The summed E-state index contributed by atoms with van der Waals surface area (Å²) < 4.78 is 46.0. The Hall–Kier alpha value is -3.43. The number of likely N-dealkylation sites (tertiary alicyclic amines) is 1. The molecule has 4 rings (SSSR count). The van der Waals surface area contributed by atoms with Crippen molar-refractivity contribution in [2.24, 2.45) is 0 Å². The molecule has 0 spiro atoms. The highest BCUT2D eigenvalue weighted by Crippen LogP contribution is 2.38. The molecule has 0 saturated carbocycles. The SMILES string of the molecule is COc1nc2nc(C)nc(NC(C)c3cccc(C(F)(F)F)c3C)c2cc1C1CCN(C(C)=O)CC1. The van der Waals surface area contributed by atoms with E-state index in [0.29, 0.717) is 47.2 Å². The van der Waals surface area contributed by atoms with Crippen molar-refractivity contribution >= 4 is 22.8 Å². The molecular weight excluding hydrogens is 471 g/mol. The number of anilines is 1. The summed E-state index contributed by atoms with van der Waals surface area (Å²) in [5, 5.41) is 3.97. The number of rotatable bonds is 5. The molecule has 10 heteroatoms. The predicted octanol–water partition coefficient (Wildman–Crippen LogP) is 5.57. The highest BCUT2D eigenvalue weighted by Gasteiger charge is 2.33. The molecule has 3 heterocycles. The predicted molar refractivity (Wildman–Crippen MR) is 131 cm³/mol. The molecule has 0 bridgehead atoms. The molecule has 36 heavy (non-hydrogen) atoms. The number of hydrogen-bond donors (Lipinski definition) is 1. The van der Waals surface area contributed by atoms with Crippen molar-refractivity contribution in [2.75, 3.05) is 25.5 Å². The lowest BCUT2D eigenvalue weighted by molar-refractivity contribution is -0.138. The molecule has 7 nitrogen and oxygen atoms in total. The van der Waals surface area contributed by atoms with Gasteiger partial charge in [-0.3, -0.25) is 4.79 Å². The minimum absolute atomic E-state index is 0.0614. The Morgan fingerprint density at radius 3 is 2.47 bits per heavy atom. The van der Waals surface area contributed by atoms with Gasteiger partial charge in [0.15, 0.2) is 5.65 Å². The van der Waals surface area contributed by atoms with Gasteiger partial charge in [0.1, 0.15) is 11.6 Å². The molecule has 1 aromatic carbocycles. The van der Waals surface area contributed by atoms with Gasteiger partial charge in [0, 0.05) is 25.6 Å². The van der Waals surface area contributed by atoms with Crippen LogP contribution in [0.2, 0.25) is 0 Å². The molecule has 1 atom stereocenters. The zero-order valence-electron chi connectivity index (χ0n) is 21.0. The maximum atomic E-state index is 13.5. The minimum Gasteiger partial charge on any atom is -0.481 e. The van der Waals surface area contributed by atoms with E-state index in [1.54, 1.807) is 33.9 Å². The number of ether oxygens (including phenoxy) is 1. The van der Waals surface area contributed by atoms with E-state index in [4.69, 9.17) is 4.74 Å². The molecule has 1 unspecified atom stereocenters. The van der Waals surface area contributed by atoms with E-state index in [1.165, 1.54) is 13.0 Å². The van der Waals surface area contributed by atoms with Gasteiger partial charge in [0.2, 0.25) is 11.8 Å². The third-order valence-corrected chi connectivity index (χ3v) is 6.87. The summed E-state index contributed by atoms with van der Waals surface area (Å²) in [5.74, 6) is 1.67. The number of halogens is 3. The monoisotopic (exact) mass is 501 g/mol. The molecule has 1 saturated heterocycles. The van der Waals surface area contributed by atoms with Crippen molar-refractivity contribution in [1.29, 1.82) is 0 Å². The van der Waals surface area contributed by atoms with E-state index in [1.807, 2.05) is 11.0 Å². The number of nitrogens with one attached hydrogen (secondary N) is 1. The molecule has 1 N–H and O–H groups in total. The molecule has 0 radical (unpaired) electrons. The first-order valence-corrected chi connectivity index (χ1v) is 11.9. The van der Waals surface area contributed by atoms with E-state index in [2.05, 4.69) is 20.3 Å². The summed E-state index contributed by atoms with van der Waals surface area (Å²) in [6, 6.07) is 5.71. The number of piperidine rings is 1. The zero-order valence-corrected chi connectivity index (χ0v) is 21.0. The number of carbonyl (C=O) groups is 1. The van der Waals surface area contributed by atoms with Crippen LogP contribution in [0.3, 0.4) is 0 Å². The Kier molecular flexibility index (Phi) is 7.06. The lowest BCUT2D eigenvalue weighted by Crippen LogP contribution is -2.36. The Labute approximate surface area is 208 Å². The van der Waals surface area contributed by atoms with Crippen molar-refractivity contribution in [3.63, 3.8) is 0 Å². The summed E-state index contributed by atoms with van der Waals surface area (Å²) in [6.45, 7) is 7.91. The van der Waals surface area contributed by atoms with Crippen LogP contribution in [0.25, 0.3) is 11.0 Å². The van der Waals surface area contributed by atoms with E-state index in [9.17, 15) is 18.0 Å². The number of aromatic nitrogens is 3. The van der Waals surface area contributed by atoms with Crippen LogP contribution >= 0.6 is 0 Å². The van der Waals surface area contributed by atoms with Gasteiger partial charge >= 0.3 is 6.18 Å². The number of hydrogen-bond acceptors (Lipinski definition) is 6. The molecule has 0 aliphatic carbocycles. The summed E-state index contributed by atoms with van der Waals surface area (Å²) in [5.41, 5.74) is 1.42. The fourth-order valence-corrected chi connectivity index (χ4v) is 4.95. The van der Waals surface area contributed by atoms with Gasteiger partial charge in [0.05, 0.1) is 24.1 Å². The Balaban J connectivity index is 1.72. The van der Waals surface area contributed by atoms with Crippen molar-refractivity contribution in [2.45, 2.75) is 58.7 Å². The lowest BCUT2D eigenvalue weighted by atomic mass is 9.89. The normalized spacial score (nSPS) is 15.7. The highest BCUT2D eigenvalue weighted by molar-refractivity contribution is 5.88. The van der Waals surface area contributed by atoms with Gasteiger partial charge in [-0.15, -0.1) is 0 Å². The van der Waals surface area contributed by atoms with Crippen LogP contribution in [0.1, 0.15) is 66.7 Å². The summed E-state index contributed by atoms with van der Waals surface area (Å²) in [4.78, 5) is 27.2. The van der Waals surface area contributed by atoms with E-state index in [-0.39, 0.29) is 17.4 Å². The number of pyridine rings is 1. The van der Waals surface area contributed by atoms with Gasteiger partial charge < -0.3 is 15.0 Å². The first kappa shape index (κ1) is 25.7. The fourth-order valence-electron chi connectivity index (χ4n) is 4.95. The third-order valence-electron chi connectivity index (χ3n) is 6.87. The van der Waals surface area contributed by atoms with Crippen LogP contribution in [0.4, 0.5) is 19.0 Å². The minimum atomic E-state index is -4.43. The van der Waals surface area contributed by atoms with Crippen molar-refractivity contribution < 1.29 is 22.7 Å². The fraction of sp³-hybridized carbons (Fsp3) is 0.462. The number of fused-ring (bicyclic) bond motifs is 1. The molecule has 1 aliphatic rings. The first-order chi connectivity index (χ1) is 17.0.